The Labute approximate surface area is 149 Å². The summed E-state index contributed by atoms with van der Waals surface area (Å²) in [5.41, 5.74) is -3.51. The van der Waals surface area contributed by atoms with Crippen molar-refractivity contribution in [2.45, 2.75) is 50.8 Å². The quantitative estimate of drug-likeness (QED) is 0.823. The third-order valence-electron chi connectivity index (χ3n) is 4.29. The van der Waals surface area contributed by atoms with Gasteiger partial charge in [-0.3, -0.25) is 14.6 Å². The number of unbranched alkanes of at least 4 members (excludes halogenated alkanes) is 1. The molecule has 1 fully saturated rings. The summed E-state index contributed by atoms with van der Waals surface area (Å²) in [6.07, 6.45) is -1.88. The Morgan fingerprint density at radius 2 is 2.08 bits per heavy atom. The topological polar surface area (TPSA) is 60.2 Å². The first-order valence-electron chi connectivity index (χ1n) is 7.81. The summed E-state index contributed by atoms with van der Waals surface area (Å²) >= 11 is 4.45. The number of carbonyl (C=O) groups excluding carboxylic acids is 1. The van der Waals surface area contributed by atoms with Crippen molar-refractivity contribution < 1.29 is 18.0 Å². The molecule has 2 rings (SSSR count). The molecule has 2 heterocycles. The van der Waals surface area contributed by atoms with Gasteiger partial charge in [0, 0.05) is 6.54 Å². The predicted octanol–water partition coefficient (Wildman–Crippen LogP) is 3.41. The molecule has 1 atom stereocenters. The predicted molar refractivity (Wildman–Crippen MR) is 89.9 cm³/mol. The first-order valence-corrected chi connectivity index (χ1v) is 8.33. The third kappa shape index (κ3) is 3.46. The Bertz CT molecular complexity index is 714. The van der Waals surface area contributed by atoms with E-state index in [0.717, 1.165) is 25.1 Å². The van der Waals surface area contributed by atoms with Crippen molar-refractivity contribution in [3.05, 3.63) is 23.5 Å². The molecular formula is C16H19F3N4OS. The number of hydrogen-bond donors (Lipinski definition) is 1. The van der Waals surface area contributed by atoms with Crippen LogP contribution in [0.4, 0.5) is 18.9 Å². The third-order valence-corrected chi connectivity index (χ3v) is 4.79. The molecule has 0 N–H and O–H groups in total. The second kappa shape index (κ2) is 6.84. The molecule has 1 amide bonds. The van der Waals surface area contributed by atoms with Crippen LogP contribution in [0.15, 0.2) is 12.3 Å². The molecule has 1 saturated heterocycles. The monoisotopic (exact) mass is 372 g/mol. The molecule has 0 aromatic carbocycles. The number of halogens is 3. The average molecular weight is 372 g/mol. The van der Waals surface area contributed by atoms with Gasteiger partial charge < -0.3 is 0 Å². The maximum atomic E-state index is 13.2. The molecule has 0 bridgehead atoms. The minimum absolute atomic E-state index is 0.0246. The lowest BCUT2D eigenvalue weighted by molar-refractivity contribution is -0.138. The van der Waals surface area contributed by atoms with Crippen molar-refractivity contribution in [3.63, 3.8) is 0 Å². The van der Waals surface area contributed by atoms with Crippen molar-refractivity contribution in [2.24, 2.45) is 0 Å². The maximum absolute atomic E-state index is 13.2. The minimum atomic E-state index is -4.74. The van der Waals surface area contributed by atoms with Crippen molar-refractivity contribution in [2.75, 3.05) is 11.4 Å². The van der Waals surface area contributed by atoms with Crippen LogP contribution in [-0.2, 0) is 11.0 Å². The van der Waals surface area contributed by atoms with Crippen LogP contribution < -0.4 is 4.90 Å². The highest BCUT2D eigenvalue weighted by atomic mass is 32.1. The first-order chi connectivity index (χ1) is 11.6. The molecule has 1 aliphatic rings. The number of rotatable bonds is 4. The van der Waals surface area contributed by atoms with Gasteiger partial charge in [-0.15, -0.1) is 12.6 Å². The molecule has 1 unspecified atom stereocenters. The average Bonchev–Trinajstić information content (AvgIpc) is 2.70. The van der Waals surface area contributed by atoms with E-state index >= 15 is 0 Å². The summed E-state index contributed by atoms with van der Waals surface area (Å²) in [7, 11) is 0. The van der Waals surface area contributed by atoms with Crippen LogP contribution in [0.5, 0.6) is 0 Å². The molecule has 9 heteroatoms. The van der Waals surface area contributed by atoms with E-state index in [4.69, 9.17) is 5.26 Å². The number of carbonyl (C=O) groups is 1. The second-order valence-corrected chi connectivity index (χ2v) is 6.79. The van der Waals surface area contributed by atoms with Gasteiger partial charge in [0.2, 0.25) is 5.91 Å². The van der Waals surface area contributed by atoms with Crippen LogP contribution in [0.3, 0.4) is 0 Å². The summed E-state index contributed by atoms with van der Waals surface area (Å²) in [5.74, 6) is -0.358. The summed E-state index contributed by atoms with van der Waals surface area (Å²) in [6.45, 7) is 6.04. The smallest absolute Gasteiger partial charge is 0.284 e. The van der Waals surface area contributed by atoms with E-state index in [0.29, 0.717) is 6.54 Å². The maximum Gasteiger partial charge on any atom is 0.419 e. The largest absolute Gasteiger partial charge is 0.419 e. The number of nitrogens with zero attached hydrogens (tertiary/aromatic N) is 4. The molecule has 1 aromatic rings. The first kappa shape index (κ1) is 19.5. The molecule has 0 radical (unpaired) electrons. The van der Waals surface area contributed by atoms with E-state index in [1.807, 2.05) is 11.8 Å². The van der Waals surface area contributed by atoms with E-state index < -0.39 is 28.5 Å². The van der Waals surface area contributed by atoms with Gasteiger partial charge in [0.1, 0.15) is 11.6 Å². The Kier molecular flexibility index (Phi) is 5.35. The second-order valence-electron chi connectivity index (χ2n) is 6.33. The van der Waals surface area contributed by atoms with Crippen LogP contribution in [0.2, 0.25) is 0 Å². The van der Waals surface area contributed by atoms with Gasteiger partial charge in [0.05, 0.1) is 23.0 Å². The molecule has 1 aliphatic heterocycles. The van der Waals surface area contributed by atoms with E-state index in [1.54, 1.807) is 13.8 Å². The number of alkyl halides is 3. The fraction of sp³-hybridized carbons (Fsp3) is 0.562. The SMILES string of the molecule is CCCCN1C(S)N(c2cnc(C#N)c(C(F)(F)F)c2)C(=O)C1(C)C. The summed E-state index contributed by atoms with van der Waals surface area (Å²) in [5, 5.41) is 8.85. The van der Waals surface area contributed by atoms with Gasteiger partial charge in [-0.05, 0) is 26.3 Å². The zero-order chi connectivity index (χ0) is 19.0. The van der Waals surface area contributed by atoms with Crippen LogP contribution in [0, 0.1) is 11.3 Å². The number of thiol groups is 1. The standard InChI is InChI=1S/C16H19F3N4OS/c1-4-5-6-22-14(25)23(13(24)15(22,2)3)10-7-11(16(17,18)19)12(8-20)21-9-10/h7,9,14,25H,4-6H2,1-3H3. The lowest BCUT2D eigenvalue weighted by atomic mass is 10.0. The zero-order valence-electron chi connectivity index (χ0n) is 14.1. The fourth-order valence-corrected chi connectivity index (χ4v) is 3.46. The van der Waals surface area contributed by atoms with Gasteiger partial charge in [-0.2, -0.15) is 18.4 Å². The number of pyridine rings is 1. The van der Waals surface area contributed by atoms with Crippen LogP contribution in [0.25, 0.3) is 0 Å². The van der Waals surface area contributed by atoms with E-state index in [2.05, 4.69) is 17.6 Å². The van der Waals surface area contributed by atoms with Gasteiger partial charge in [-0.25, -0.2) is 4.98 Å². The van der Waals surface area contributed by atoms with Gasteiger partial charge >= 0.3 is 6.18 Å². The van der Waals surface area contributed by atoms with Crippen LogP contribution >= 0.6 is 12.6 Å². The number of hydrogen-bond acceptors (Lipinski definition) is 5. The highest BCUT2D eigenvalue weighted by Gasteiger charge is 2.51. The van der Waals surface area contributed by atoms with Gasteiger partial charge in [0.15, 0.2) is 5.69 Å². The highest BCUT2D eigenvalue weighted by molar-refractivity contribution is 7.81. The number of amides is 1. The number of nitriles is 1. The molecule has 0 aliphatic carbocycles. The van der Waals surface area contributed by atoms with E-state index in [-0.39, 0.29) is 11.6 Å². The lowest BCUT2D eigenvalue weighted by Gasteiger charge is -2.30. The van der Waals surface area contributed by atoms with E-state index in [1.165, 1.54) is 11.0 Å². The number of aromatic nitrogens is 1. The van der Waals surface area contributed by atoms with Gasteiger partial charge in [-0.1, -0.05) is 13.3 Å². The zero-order valence-corrected chi connectivity index (χ0v) is 15.0. The van der Waals surface area contributed by atoms with Crippen LogP contribution in [0.1, 0.15) is 44.9 Å². The van der Waals surface area contributed by atoms with E-state index in [9.17, 15) is 18.0 Å². The summed E-state index contributed by atoms with van der Waals surface area (Å²) in [6, 6.07) is 2.22. The normalized spacial score (nSPS) is 20.8. The number of anilines is 1. The molecule has 136 valence electrons. The van der Waals surface area contributed by atoms with Crippen molar-refractivity contribution in [1.29, 1.82) is 5.26 Å². The molecule has 0 spiro atoms. The Hall–Kier alpha value is -1.79. The summed E-state index contributed by atoms with van der Waals surface area (Å²) < 4.78 is 39.5. The van der Waals surface area contributed by atoms with Crippen molar-refractivity contribution >= 4 is 24.2 Å². The molecule has 1 aromatic heterocycles. The Morgan fingerprint density at radius 1 is 1.44 bits per heavy atom. The minimum Gasteiger partial charge on any atom is -0.284 e. The molecule has 0 saturated carbocycles. The van der Waals surface area contributed by atoms with Crippen molar-refractivity contribution in [1.82, 2.24) is 9.88 Å². The highest BCUT2D eigenvalue weighted by Crippen LogP contribution is 2.39. The Balaban J connectivity index is 2.48. The van der Waals surface area contributed by atoms with Gasteiger partial charge in [0.25, 0.3) is 0 Å². The Morgan fingerprint density at radius 3 is 2.60 bits per heavy atom. The molecule has 5 nitrogen and oxygen atoms in total. The summed E-state index contributed by atoms with van der Waals surface area (Å²) in [4.78, 5) is 19.4. The van der Waals surface area contributed by atoms with Crippen molar-refractivity contribution in [3.8, 4) is 6.07 Å². The fourth-order valence-electron chi connectivity index (χ4n) is 2.82. The molecular weight excluding hydrogens is 353 g/mol. The lowest BCUT2D eigenvalue weighted by Crippen LogP contribution is -2.45. The molecule has 25 heavy (non-hydrogen) atoms. The van der Waals surface area contributed by atoms with Crippen LogP contribution in [-0.4, -0.2) is 33.4 Å².